The van der Waals surface area contributed by atoms with E-state index < -0.39 is 0 Å². The predicted octanol–water partition coefficient (Wildman–Crippen LogP) is 0.818. The summed E-state index contributed by atoms with van der Waals surface area (Å²) >= 11 is 0. The van der Waals surface area contributed by atoms with Crippen molar-refractivity contribution in [3.63, 3.8) is 0 Å². The minimum Gasteiger partial charge on any atom is -0.394 e. The second-order valence-corrected chi connectivity index (χ2v) is 5.46. The summed E-state index contributed by atoms with van der Waals surface area (Å²) in [6.45, 7) is 5.65. The molecule has 1 aliphatic heterocycles. The molecule has 1 saturated heterocycles. The number of rotatable bonds is 5. The van der Waals surface area contributed by atoms with Gasteiger partial charge >= 0.3 is 0 Å². The Bertz CT molecular complexity index is 218. The molecule has 3 N–H and O–H groups in total. The Balaban J connectivity index is 1.85. The summed E-state index contributed by atoms with van der Waals surface area (Å²) in [4.78, 5) is 2.45. The molecule has 88 valence electrons. The van der Waals surface area contributed by atoms with Gasteiger partial charge in [0.25, 0.3) is 0 Å². The van der Waals surface area contributed by atoms with Crippen molar-refractivity contribution in [3.8, 4) is 0 Å². The molecule has 0 amide bonds. The molecule has 1 aliphatic carbocycles. The molecular weight excluding hydrogens is 188 g/mol. The lowest BCUT2D eigenvalue weighted by atomic mass is 9.95. The third-order valence-corrected chi connectivity index (χ3v) is 4.15. The third kappa shape index (κ3) is 2.52. The number of nitrogens with two attached hydrogens (primary N) is 1. The number of hydrogen-bond acceptors (Lipinski definition) is 3. The van der Waals surface area contributed by atoms with E-state index >= 15 is 0 Å². The van der Waals surface area contributed by atoms with Crippen LogP contribution in [0.1, 0.15) is 32.6 Å². The van der Waals surface area contributed by atoms with Crippen LogP contribution in [0.2, 0.25) is 0 Å². The maximum absolute atomic E-state index is 9.43. The van der Waals surface area contributed by atoms with Gasteiger partial charge in [-0.2, -0.15) is 0 Å². The highest BCUT2D eigenvalue weighted by Crippen LogP contribution is 2.39. The molecule has 2 unspecified atom stereocenters. The van der Waals surface area contributed by atoms with Gasteiger partial charge < -0.3 is 15.7 Å². The lowest BCUT2D eigenvalue weighted by Crippen LogP contribution is -2.54. The molecule has 3 heteroatoms. The zero-order valence-corrected chi connectivity index (χ0v) is 9.78. The quantitative estimate of drug-likeness (QED) is 0.709. The summed E-state index contributed by atoms with van der Waals surface area (Å²) in [7, 11) is 0. The molecule has 0 spiro atoms. The van der Waals surface area contributed by atoms with E-state index in [-0.39, 0.29) is 12.1 Å². The molecule has 2 fully saturated rings. The number of aliphatic hydroxyl groups excluding tert-OH is 1. The maximum Gasteiger partial charge on any atom is 0.0626 e. The first-order chi connectivity index (χ1) is 7.18. The van der Waals surface area contributed by atoms with Crippen LogP contribution < -0.4 is 5.73 Å². The summed E-state index contributed by atoms with van der Waals surface area (Å²) < 4.78 is 0. The summed E-state index contributed by atoms with van der Waals surface area (Å²) in [6.07, 6.45) is 5.00. The standard InChI is InChI=1S/C12H24N2O/c1-2-10-5-6-14(7-10)8-12(13,9-15)11-3-4-11/h10-11,15H,2-9,13H2,1H3. The second kappa shape index (κ2) is 4.40. The molecule has 1 heterocycles. The Hall–Kier alpha value is -0.120. The first-order valence-electron chi connectivity index (χ1n) is 6.30. The monoisotopic (exact) mass is 212 g/mol. The van der Waals surface area contributed by atoms with Crippen LogP contribution in [0.4, 0.5) is 0 Å². The third-order valence-electron chi connectivity index (χ3n) is 4.15. The van der Waals surface area contributed by atoms with Crippen molar-refractivity contribution in [1.82, 2.24) is 4.90 Å². The van der Waals surface area contributed by atoms with Gasteiger partial charge in [-0.05, 0) is 37.6 Å². The second-order valence-electron chi connectivity index (χ2n) is 5.46. The van der Waals surface area contributed by atoms with Crippen molar-refractivity contribution < 1.29 is 5.11 Å². The molecular formula is C12H24N2O. The first-order valence-corrected chi connectivity index (χ1v) is 6.30. The molecule has 0 aromatic carbocycles. The highest BCUT2D eigenvalue weighted by atomic mass is 16.3. The highest BCUT2D eigenvalue weighted by molar-refractivity contribution is 5.01. The van der Waals surface area contributed by atoms with E-state index in [1.165, 1.54) is 38.8 Å². The normalized spacial score (nSPS) is 31.8. The Morgan fingerprint density at radius 3 is 2.60 bits per heavy atom. The fourth-order valence-electron chi connectivity index (χ4n) is 2.77. The molecule has 3 nitrogen and oxygen atoms in total. The molecule has 0 radical (unpaired) electrons. The molecule has 0 aromatic heterocycles. The first kappa shape index (κ1) is 11.4. The van der Waals surface area contributed by atoms with Crippen LogP contribution in [0, 0.1) is 11.8 Å². The van der Waals surface area contributed by atoms with Crippen LogP contribution in [0.25, 0.3) is 0 Å². The minimum absolute atomic E-state index is 0.144. The van der Waals surface area contributed by atoms with E-state index in [1.807, 2.05) is 0 Å². The number of likely N-dealkylation sites (tertiary alicyclic amines) is 1. The van der Waals surface area contributed by atoms with Crippen LogP contribution >= 0.6 is 0 Å². The number of nitrogens with zero attached hydrogens (tertiary/aromatic N) is 1. The maximum atomic E-state index is 9.43. The van der Waals surface area contributed by atoms with E-state index in [0.29, 0.717) is 5.92 Å². The van der Waals surface area contributed by atoms with Crippen LogP contribution in [0.15, 0.2) is 0 Å². The lowest BCUT2D eigenvalue weighted by Gasteiger charge is -2.32. The van der Waals surface area contributed by atoms with Gasteiger partial charge in [0.2, 0.25) is 0 Å². The van der Waals surface area contributed by atoms with Crippen molar-refractivity contribution >= 4 is 0 Å². The Morgan fingerprint density at radius 1 is 1.40 bits per heavy atom. The van der Waals surface area contributed by atoms with Crippen molar-refractivity contribution in [2.75, 3.05) is 26.2 Å². The van der Waals surface area contributed by atoms with Crippen molar-refractivity contribution in [3.05, 3.63) is 0 Å². The molecule has 1 saturated carbocycles. The van der Waals surface area contributed by atoms with Gasteiger partial charge in [0.15, 0.2) is 0 Å². The number of hydrogen-bond donors (Lipinski definition) is 2. The molecule has 0 aromatic rings. The molecule has 15 heavy (non-hydrogen) atoms. The molecule has 2 rings (SSSR count). The highest BCUT2D eigenvalue weighted by Gasteiger charge is 2.43. The summed E-state index contributed by atoms with van der Waals surface area (Å²) in [5.41, 5.74) is 5.96. The van der Waals surface area contributed by atoms with Crippen LogP contribution in [-0.2, 0) is 0 Å². The van der Waals surface area contributed by atoms with Crippen LogP contribution in [0.5, 0.6) is 0 Å². The van der Waals surface area contributed by atoms with E-state index in [4.69, 9.17) is 5.73 Å². The Labute approximate surface area is 92.6 Å². The van der Waals surface area contributed by atoms with E-state index in [2.05, 4.69) is 11.8 Å². The largest absolute Gasteiger partial charge is 0.394 e. The fraction of sp³-hybridized carbons (Fsp3) is 1.00. The van der Waals surface area contributed by atoms with Gasteiger partial charge in [-0.15, -0.1) is 0 Å². The van der Waals surface area contributed by atoms with Crippen molar-refractivity contribution in [2.45, 2.75) is 38.1 Å². The summed E-state index contributed by atoms with van der Waals surface area (Å²) in [5, 5.41) is 9.43. The van der Waals surface area contributed by atoms with Gasteiger partial charge in [-0.25, -0.2) is 0 Å². The van der Waals surface area contributed by atoms with Gasteiger partial charge in [-0.3, -0.25) is 0 Å². The molecule has 0 bridgehead atoms. The topological polar surface area (TPSA) is 49.5 Å². The predicted molar refractivity (Wildman–Crippen MR) is 61.6 cm³/mol. The zero-order valence-electron chi connectivity index (χ0n) is 9.78. The summed E-state index contributed by atoms with van der Waals surface area (Å²) in [5.74, 6) is 1.43. The van der Waals surface area contributed by atoms with Gasteiger partial charge in [0, 0.05) is 13.1 Å². The smallest absolute Gasteiger partial charge is 0.0626 e. The SMILES string of the molecule is CCC1CCN(CC(N)(CO)C2CC2)C1. The lowest BCUT2D eigenvalue weighted by molar-refractivity contribution is 0.131. The van der Waals surface area contributed by atoms with Gasteiger partial charge in [-0.1, -0.05) is 13.3 Å². The van der Waals surface area contributed by atoms with E-state index in [9.17, 15) is 5.11 Å². The Kier molecular flexibility index (Phi) is 3.33. The van der Waals surface area contributed by atoms with Crippen LogP contribution in [-0.4, -0.2) is 41.8 Å². The summed E-state index contributed by atoms with van der Waals surface area (Å²) in [6, 6.07) is 0. The fourth-order valence-corrected chi connectivity index (χ4v) is 2.77. The molecule has 2 aliphatic rings. The molecule has 2 atom stereocenters. The van der Waals surface area contributed by atoms with Crippen LogP contribution in [0.3, 0.4) is 0 Å². The van der Waals surface area contributed by atoms with E-state index in [1.54, 1.807) is 0 Å². The average molecular weight is 212 g/mol. The van der Waals surface area contributed by atoms with Crippen molar-refractivity contribution in [2.24, 2.45) is 17.6 Å². The number of aliphatic hydroxyl groups is 1. The average Bonchev–Trinajstić information content (AvgIpc) is 3.01. The Morgan fingerprint density at radius 2 is 2.13 bits per heavy atom. The van der Waals surface area contributed by atoms with Gasteiger partial charge in [0.1, 0.15) is 0 Å². The van der Waals surface area contributed by atoms with Gasteiger partial charge in [0.05, 0.1) is 12.1 Å². The van der Waals surface area contributed by atoms with Crippen molar-refractivity contribution in [1.29, 1.82) is 0 Å². The van der Waals surface area contributed by atoms with E-state index in [0.717, 1.165) is 12.5 Å². The zero-order chi connectivity index (χ0) is 10.9. The minimum atomic E-state index is -0.317.